The molecule has 5 rings (SSSR count). The lowest BCUT2D eigenvalue weighted by Crippen LogP contribution is -2.69. The first-order valence-corrected chi connectivity index (χ1v) is 14.7. The summed E-state index contributed by atoms with van der Waals surface area (Å²) in [5.74, 6) is -2.77. The number of nitrogens with zero attached hydrogens (tertiary/aromatic N) is 1. The van der Waals surface area contributed by atoms with Gasteiger partial charge in [0.1, 0.15) is 18.1 Å². The van der Waals surface area contributed by atoms with Crippen LogP contribution in [0.25, 0.3) is 0 Å². The lowest BCUT2D eigenvalue weighted by Gasteiger charge is -2.43. The highest BCUT2D eigenvalue weighted by atomic mass is 19.4. The van der Waals surface area contributed by atoms with Crippen LogP contribution in [0, 0.1) is 21.8 Å². The van der Waals surface area contributed by atoms with E-state index in [0.717, 1.165) is 12.1 Å². The molecule has 4 bridgehead atoms. The molecule has 248 valence electrons. The predicted molar refractivity (Wildman–Crippen MR) is 146 cm³/mol. The molecule has 3 aliphatic rings. The summed E-state index contributed by atoms with van der Waals surface area (Å²) in [5.41, 5.74) is 3.00. The molecule has 0 saturated carbocycles. The average Bonchev–Trinajstić information content (AvgIpc) is 3.47. The van der Waals surface area contributed by atoms with Crippen LogP contribution < -0.4 is 21.5 Å². The van der Waals surface area contributed by atoms with E-state index in [2.05, 4.69) is 21.5 Å². The summed E-state index contributed by atoms with van der Waals surface area (Å²) < 4.78 is 113. The first-order chi connectivity index (χ1) is 21.3. The van der Waals surface area contributed by atoms with E-state index >= 15 is 13.2 Å². The molecule has 0 aromatic heterocycles. The lowest BCUT2D eigenvalue weighted by atomic mass is 9.85. The molecule has 9 nitrogen and oxygen atoms in total. The van der Waals surface area contributed by atoms with Crippen molar-refractivity contribution in [3.63, 3.8) is 0 Å². The lowest BCUT2D eigenvalue weighted by molar-refractivity contribution is -0.537. The summed E-state index contributed by atoms with van der Waals surface area (Å²) in [5, 5.41) is 17.7. The van der Waals surface area contributed by atoms with Crippen LogP contribution in [0.15, 0.2) is 54.6 Å². The molecule has 3 heterocycles. The Balaban J connectivity index is 1.51. The minimum atomic E-state index is -4.97. The number of fused-ring (bicyclic) bond motifs is 5. The maximum absolute atomic E-state index is 15.0. The standard InChI is InChI=1S/C29H34F7N5O4/c30-19-12-10-18(11-13-19)21-9-5-2-6-14-27(29(34,35)36,44-16-17-7-3-1-4-8-17)26-40-39-25(45-26)23-22(41(42)43)15-20(28(31,32)33)24(37-21)38-23/h1,3-4,7-8,10-13,20-26,37-40H,2,5-6,9,14-16H2/t20?,21?,22?,23?,24?,25?,26?,27-/m1/s1. The SMILES string of the molecule is O=[N+]([O-])C1CC(C(F)(F)F)C2NC(c3ccc(F)cc3)CCCCC[C@](OCc3ccccc3)(C(F)(F)F)C3NNC(O3)C1N2. The fourth-order valence-electron chi connectivity index (χ4n) is 6.35. The van der Waals surface area contributed by atoms with E-state index in [1.807, 2.05) is 0 Å². The number of hydrogen-bond acceptors (Lipinski definition) is 8. The topological polar surface area (TPSA) is 110 Å². The minimum absolute atomic E-state index is 0.0183. The quantitative estimate of drug-likeness (QED) is 0.198. The number of halogens is 7. The molecule has 16 heteroatoms. The Bertz CT molecular complexity index is 1290. The van der Waals surface area contributed by atoms with Crippen LogP contribution in [0.2, 0.25) is 0 Å². The van der Waals surface area contributed by atoms with Crippen molar-refractivity contribution in [3.8, 4) is 0 Å². The second kappa shape index (κ2) is 13.5. The molecule has 0 amide bonds. The fourth-order valence-corrected chi connectivity index (χ4v) is 6.35. The fraction of sp³-hybridized carbons (Fsp3) is 0.586. The number of alkyl halides is 6. The van der Waals surface area contributed by atoms with Crippen molar-refractivity contribution in [2.75, 3.05) is 0 Å². The molecular weight excluding hydrogens is 615 g/mol. The molecule has 3 fully saturated rings. The third kappa shape index (κ3) is 7.41. The van der Waals surface area contributed by atoms with Gasteiger partial charge in [0, 0.05) is 17.4 Å². The molecule has 2 aromatic rings. The number of nitrogens with one attached hydrogen (secondary N) is 4. The smallest absolute Gasteiger partial charge is 0.357 e. The Morgan fingerprint density at radius 1 is 0.956 bits per heavy atom. The third-order valence-corrected chi connectivity index (χ3v) is 8.78. The Morgan fingerprint density at radius 3 is 2.31 bits per heavy atom. The van der Waals surface area contributed by atoms with Crippen molar-refractivity contribution in [1.82, 2.24) is 21.5 Å². The largest absolute Gasteiger partial charge is 0.421 e. The molecule has 3 saturated heterocycles. The van der Waals surface area contributed by atoms with Gasteiger partial charge >= 0.3 is 12.4 Å². The van der Waals surface area contributed by atoms with Gasteiger partial charge in [-0.05, 0) is 36.1 Å². The van der Waals surface area contributed by atoms with Gasteiger partial charge in [-0.25, -0.2) is 15.2 Å². The summed E-state index contributed by atoms with van der Waals surface area (Å²) in [6.45, 7) is -0.419. The van der Waals surface area contributed by atoms with Crippen LogP contribution >= 0.6 is 0 Å². The molecule has 45 heavy (non-hydrogen) atoms. The average molecular weight is 650 g/mol. The van der Waals surface area contributed by atoms with Gasteiger partial charge in [-0.15, -0.1) is 0 Å². The van der Waals surface area contributed by atoms with E-state index in [1.165, 1.54) is 12.1 Å². The van der Waals surface area contributed by atoms with Gasteiger partial charge in [-0.1, -0.05) is 61.7 Å². The van der Waals surface area contributed by atoms with E-state index in [4.69, 9.17) is 9.47 Å². The van der Waals surface area contributed by atoms with Crippen molar-refractivity contribution in [2.45, 2.75) is 99.8 Å². The summed E-state index contributed by atoms with van der Waals surface area (Å²) in [6, 6.07) is 9.25. The monoisotopic (exact) mass is 649 g/mol. The maximum atomic E-state index is 15.0. The zero-order chi connectivity index (χ0) is 32.4. The van der Waals surface area contributed by atoms with Crippen molar-refractivity contribution in [1.29, 1.82) is 0 Å². The highest BCUT2D eigenvalue weighted by Crippen LogP contribution is 2.44. The molecule has 0 spiro atoms. The zero-order valence-electron chi connectivity index (χ0n) is 23.9. The van der Waals surface area contributed by atoms with Gasteiger partial charge in [-0.3, -0.25) is 20.7 Å². The van der Waals surface area contributed by atoms with Gasteiger partial charge in [-0.2, -0.15) is 26.3 Å². The highest BCUT2D eigenvalue weighted by Gasteiger charge is 2.64. The van der Waals surface area contributed by atoms with E-state index in [0.29, 0.717) is 17.5 Å². The van der Waals surface area contributed by atoms with Crippen molar-refractivity contribution < 1.29 is 45.1 Å². The number of rotatable bonds is 5. The van der Waals surface area contributed by atoms with Gasteiger partial charge in [0.25, 0.3) is 0 Å². The predicted octanol–water partition coefficient (Wildman–Crippen LogP) is 5.23. The van der Waals surface area contributed by atoms with Crippen molar-refractivity contribution in [2.24, 2.45) is 5.92 Å². The van der Waals surface area contributed by atoms with Gasteiger partial charge in [0.05, 0.1) is 18.7 Å². The molecule has 2 aromatic carbocycles. The van der Waals surface area contributed by atoms with Crippen LogP contribution in [0.5, 0.6) is 0 Å². The van der Waals surface area contributed by atoms with E-state index in [9.17, 15) is 27.7 Å². The Kier molecular flexibility index (Phi) is 10.0. The van der Waals surface area contributed by atoms with E-state index in [1.54, 1.807) is 30.3 Å². The zero-order valence-corrected chi connectivity index (χ0v) is 23.9. The molecule has 8 atom stereocenters. The van der Waals surface area contributed by atoms with Crippen LogP contribution in [0.1, 0.15) is 55.7 Å². The highest BCUT2D eigenvalue weighted by molar-refractivity contribution is 5.20. The maximum Gasteiger partial charge on any atom is 0.421 e. The Hall–Kier alpha value is -2.89. The molecule has 7 unspecified atom stereocenters. The number of benzene rings is 2. The van der Waals surface area contributed by atoms with Gasteiger partial charge in [0.2, 0.25) is 11.6 Å². The van der Waals surface area contributed by atoms with Crippen LogP contribution in [-0.4, -0.2) is 53.6 Å². The van der Waals surface area contributed by atoms with Crippen LogP contribution in [0.4, 0.5) is 30.7 Å². The first kappa shape index (κ1) is 33.5. The summed E-state index contributed by atoms with van der Waals surface area (Å²) >= 11 is 0. The van der Waals surface area contributed by atoms with Crippen molar-refractivity contribution in [3.05, 3.63) is 81.7 Å². The minimum Gasteiger partial charge on any atom is -0.357 e. The number of hydrogen-bond donors (Lipinski definition) is 4. The summed E-state index contributed by atoms with van der Waals surface area (Å²) in [7, 11) is 0. The first-order valence-electron chi connectivity index (χ1n) is 14.7. The van der Waals surface area contributed by atoms with Gasteiger partial charge in [0.15, 0.2) is 6.23 Å². The van der Waals surface area contributed by atoms with Crippen LogP contribution in [0.3, 0.4) is 0 Å². The number of ether oxygens (including phenoxy) is 2. The van der Waals surface area contributed by atoms with Gasteiger partial charge < -0.3 is 9.47 Å². The van der Waals surface area contributed by atoms with E-state index in [-0.39, 0.29) is 19.3 Å². The Morgan fingerprint density at radius 2 is 1.67 bits per heavy atom. The second-order valence-corrected chi connectivity index (χ2v) is 11.7. The summed E-state index contributed by atoms with van der Waals surface area (Å²) in [4.78, 5) is 11.2. The summed E-state index contributed by atoms with van der Waals surface area (Å²) in [6.07, 6.45) is -15.5. The van der Waals surface area contributed by atoms with Crippen LogP contribution in [-0.2, 0) is 16.1 Å². The second-order valence-electron chi connectivity index (χ2n) is 11.7. The molecule has 0 radical (unpaired) electrons. The third-order valence-electron chi connectivity index (χ3n) is 8.78. The van der Waals surface area contributed by atoms with E-state index < -0.39 is 90.8 Å². The molecule has 3 aliphatic heterocycles. The Labute approximate surface area is 254 Å². The number of nitro groups is 1. The van der Waals surface area contributed by atoms with Crippen molar-refractivity contribution >= 4 is 0 Å². The number of hydrazine groups is 1. The number of piperidine rings is 1. The molecule has 0 aliphatic carbocycles. The molecular formula is C29H34F7N5O4. The normalized spacial score (nSPS) is 33.4. The molecule has 4 N–H and O–H groups in total.